The third kappa shape index (κ3) is 3.32. The zero-order valence-electron chi connectivity index (χ0n) is 9.02. The molecule has 0 spiro atoms. The van der Waals surface area contributed by atoms with Crippen LogP contribution in [0.4, 0.5) is 5.69 Å². The number of nitrogen functional groups attached to an aromatic ring is 1. The fourth-order valence-corrected chi connectivity index (χ4v) is 2.02. The van der Waals surface area contributed by atoms with E-state index in [9.17, 15) is 0 Å². The van der Waals surface area contributed by atoms with Crippen molar-refractivity contribution in [3.63, 3.8) is 0 Å². The lowest BCUT2D eigenvalue weighted by atomic mass is 10.1. The summed E-state index contributed by atoms with van der Waals surface area (Å²) in [5, 5.41) is 5.43. The van der Waals surface area contributed by atoms with Gasteiger partial charge in [0.25, 0.3) is 0 Å². The first kappa shape index (κ1) is 11.1. The second-order valence-electron chi connectivity index (χ2n) is 3.65. The summed E-state index contributed by atoms with van der Waals surface area (Å²) in [5.41, 5.74) is 10.7. The molecule has 0 aliphatic heterocycles. The van der Waals surface area contributed by atoms with Gasteiger partial charge in [-0.15, -0.1) is 11.3 Å². The largest absolute Gasteiger partial charge is 0.399 e. The van der Waals surface area contributed by atoms with E-state index in [2.05, 4.69) is 27.8 Å². The van der Waals surface area contributed by atoms with E-state index in [0.717, 1.165) is 30.9 Å². The first-order chi connectivity index (χ1) is 7.84. The molecule has 3 nitrogen and oxygen atoms in total. The number of hydrogen-bond donors (Lipinski definition) is 2. The molecule has 3 N–H and O–H groups in total. The molecule has 0 fully saturated rings. The van der Waals surface area contributed by atoms with E-state index in [1.165, 1.54) is 5.56 Å². The highest BCUT2D eigenvalue weighted by Gasteiger charge is 1.95. The SMILES string of the molecule is Nc1ccc(CCNCc2cscn2)cc1. The number of rotatable bonds is 5. The van der Waals surface area contributed by atoms with Gasteiger partial charge in [0.05, 0.1) is 11.2 Å². The van der Waals surface area contributed by atoms with Gasteiger partial charge in [0.15, 0.2) is 0 Å². The summed E-state index contributed by atoms with van der Waals surface area (Å²) in [7, 11) is 0. The van der Waals surface area contributed by atoms with Crippen LogP contribution in [0.25, 0.3) is 0 Å². The van der Waals surface area contributed by atoms with Crippen molar-refractivity contribution >= 4 is 17.0 Å². The second kappa shape index (κ2) is 5.63. The van der Waals surface area contributed by atoms with Gasteiger partial charge in [-0.1, -0.05) is 12.1 Å². The molecule has 84 valence electrons. The van der Waals surface area contributed by atoms with Gasteiger partial charge >= 0.3 is 0 Å². The average molecular weight is 233 g/mol. The normalized spacial score (nSPS) is 10.5. The van der Waals surface area contributed by atoms with Crippen molar-refractivity contribution in [1.29, 1.82) is 0 Å². The topological polar surface area (TPSA) is 50.9 Å². The molecule has 0 bridgehead atoms. The Balaban J connectivity index is 1.70. The second-order valence-corrected chi connectivity index (χ2v) is 4.37. The zero-order valence-corrected chi connectivity index (χ0v) is 9.83. The van der Waals surface area contributed by atoms with Gasteiger partial charge in [-0.2, -0.15) is 0 Å². The van der Waals surface area contributed by atoms with E-state index in [1.807, 2.05) is 17.6 Å². The minimum atomic E-state index is 0.819. The molecule has 1 aromatic heterocycles. The molecule has 2 aromatic rings. The van der Waals surface area contributed by atoms with E-state index in [4.69, 9.17) is 5.73 Å². The summed E-state index contributed by atoms with van der Waals surface area (Å²) >= 11 is 1.63. The summed E-state index contributed by atoms with van der Waals surface area (Å²) < 4.78 is 0. The first-order valence-electron chi connectivity index (χ1n) is 5.27. The summed E-state index contributed by atoms with van der Waals surface area (Å²) in [6, 6.07) is 8.02. The molecule has 0 aliphatic carbocycles. The van der Waals surface area contributed by atoms with Gasteiger partial charge in [-0.05, 0) is 30.7 Å². The minimum Gasteiger partial charge on any atom is -0.399 e. The third-order valence-electron chi connectivity index (χ3n) is 2.36. The van der Waals surface area contributed by atoms with E-state index < -0.39 is 0 Å². The average Bonchev–Trinajstić information content (AvgIpc) is 2.80. The van der Waals surface area contributed by atoms with Crippen LogP contribution in [0.5, 0.6) is 0 Å². The molecule has 0 radical (unpaired) electrons. The van der Waals surface area contributed by atoms with Crippen LogP contribution < -0.4 is 11.1 Å². The van der Waals surface area contributed by atoms with Crippen LogP contribution in [-0.2, 0) is 13.0 Å². The van der Waals surface area contributed by atoms with E-state index in [-0.39, 0.29) is 0 Å². The Hall–Kier alpha value is -1.39. The molecule has 1 heterocycles. The van der Waals surface area contributed by atoms with Crippen LogP contribution >= 0.6 is 11.3 Å². The Kier molecular flexibility index (Phi) is 3.91. The Morgan fingerprint density at radius 2 is 2.06 bits per heavy atom. The predicted octanol–water partition coefficient (Wildman–Crippen LogP) is 2.06. The molecule has 0 aliphatic rings. The highest BCUT2D eigenvalue weighted by Crippen LogP contribution is 2.05. The third-order valence-corrected chi connectivity index (χ3v) is 3.00. The fraction of sp³-hybridized carbons (Fsp3) is 0.250. The van der Waals surface area contributed by atoms with Crippen molar-refractivity contribution in [2.75, 3.05) is 12.3 Å². The molecule has 4 heteroatoms. The standard InChI is InChI=1S/C12H15N3S/c13-11-3-1-10(2-4-11)5-6-14-7-12-8-16-9-15-12/h1-4,8-9,14H,5-7,13H2. The molecule has 0 atom stereocenters. The lowest BCUT2D eigenvalue weighted by Gasteiger charge is -2.03. The van der Waals surface area contributed by atoms with Crippen LogP contribution in [0.3, 0.4) is 0 Å². The lowest BCUT2D eigenvalue weighted by molar-refractivity contribution is 0.677. The van der Waals surface area contributed by atoms with E-state index >= 15 is 0 Å². The van der Waals surface area contributed by atoms with Crippen molar-refractivity contribution < 1.29 is 0 Å². The number of benzene rings is 1. The van der Waals surface area contributed by atoms with Gasteiger partial charge in [0.1, 0.15) is 0 Å². The van der Waals surface area contributed by atoms with E-state index in [0.29, 0.717) is 0 Å². The zero-order chi connectivity index (χ0) is 11.2. The molecular weight excluding hydrogens is 218 g/mol. The van der Waals surface area contributed by atoms with Crippen LogP contribution in [0.2, 0.25) is 0 Å². The Labute approximate surface area is 99.3 Å². The molecule has 1 aromatic carbocycles. The Bertz CT molecular complexity index is 408. The van der Waals surface area contributed by atoms with Crippen LogP contribution in [0, 0.1) is 0 Å². The molecule has 0 saturated heterocycles. The van der Waals surface area contributed by atoms with Crippen molar-refractivity contribution in [3.05, 3.63) is 46.4 Å². The first-order valence-corrected chi connectivity index (χ1v) is 6.21. The summed E-state index contributed by atoms with van der Waals surface area (Å²) in [6.07, 6.45) is 1.02. The molecule has 16 heavy (non-hydrogen) atoms. The number of anilines is 1. The summed E-state index contributed by atoms with van der Waals surface area (Å²) in [6.45, 7) is 1.81. The number of hydrogen-bond acceptors (Lipinski definition) is 4. The lowest BCUT2D eigenvalue weighted by Crippen LogP contribution is -2.16. The van der Waals surface area contributed by atoms with Crippen LogP contribution in [0.1, 0.15) is 11.3 Å². The Morgan fingerprint density at radius 3 is 2.75 bits per heavy atom. The minimum absolute atomic E-state index is 0.819. The smallest absolute Gasteiger partial charge is 0.0795 e. The van der Waals surface area contributed by atoms with Crippen molar-refractivity contribution in [2.45, 2.75) is 13.0 Å². The monoisotopic (exact) mass is 233 g/mol. The number of nitrogens with two attached hydrogens (primary N) is 1. The van der Waals surface area contributed by atoms with Gasteiger partial charge in [0.2, 0.25) is 0 Å². The number of nitrogens with one attached hydrogen (secondary N) is 1. The highest BCUT2D eigenvalue weighted by molar-refractivity contribution is 7.07. The molecule has 0 saturated carbocycles. The quantitative estimate of drug-likeness (QED) is 0.614. The molecule has 0 unspecified atom stereocenters. The maximum atomic E-state index is 5.62. The maximum Gasteiger partial charge on any atom is 0.0795 e. The maximum absolute atomic E-state index is 5.62. The fourth-order valence-electron chi connectivity index (χ4n) is 1.46. The summed E-state index contributed by atoms with van der Waals surface area (Å²) in [5.74, 6) is 0. The predicted molar refractivity (Wildman–Crippen MR) is 68.4 cm³/mol. The number of aromatic nitrogens is 1. The van der Waals surface area contributed by atoms with Crippen LogP contribution in [-0.4, -0.2) is 11.5 Å². The van der Waals surface area contributed by atoms with Gasteiger partial charge in [-0.25, -0.2) is 4.98 Å². The van der Waals surface area contributed by atoms with Gasteiger partial charge in [0, 0.05) is 17.6 Å². The van der Waals surface area contributed by atoms with Crippen molar-refractivity contribution in [2.24, 2.45) is 0 Å². The van der Waals surface area contributed by atoms with E-state index in [1.54, 1.807) is 11.3 Å². The highest BCUT2D eigenvalue weighted by atomic mass is 32.1. The summed E-state index contributed by atoms with van der Waals surface area (Å²) in [4.78, 5) is 4.21. The number of nitrogens with zero attached hydrogens (tertiary/aromatic N) is 1. The number of thiazole rings is 1. The molecule has 2 rings (SSSR count). The van der Waals surface area contributed by atoms with Crippen LogP contribution in [0.15, 0.2) is 35.2 Å². The molecule has 0 amide bonds. The van der Waals surface area contributed by atoms with Crippen molar-refractivity contribution in [3.8, 4) is 0 Å². The molecular formula is C12H15N3S. The van der Waals surface area contributed by atoms with Gasteiger partial charge < -0.3 is 11.1 Å². The van der Waals surface area contributed by atoms with Gasteiger partial charge in [-0.3, -0.25) is 0 Å². The van der Waals surface area contributed by atoms with Crippen molar-refractivity contribution in [1.82, 2.24) is 10.3 Å². The Morgan fingerprint density at radius 1 is 1.25 bits per heavy atom.